The third-order valence-electron chi connectivity index (χ3n) is 3.87. The number of piperidine rings is 1. The minimum Gasteiger partial charge on any atom is -0.469 e. The number of aryl methyl sites for hydroxylation is 1. The van der Waals surface area contributed by atoms with Gasteiger partial charge in [0.15, 0.2) is 0 Å². The van der Waals surface area contributed by atoms with Crippen LogP contribution >= 0.6 is 0 Å². The molecule has 0 aliphatic carbocycles. The fourth-order valence-electron chi connectivity index (χ4n) is 2.74. The van der Waals surface area contributed by atoms with Crippen LogP contribution in [0.3, 0.4) is 0 Å². The Morgan fingerprint density at radius 3 is 3.11 bits per heavy atom. The normalized spacial score (nSPS) is 20.4. The lowest BCUT2D eigenvalue weighted by Crippen LogP contribution is -2.41. The molecule has 1 aromatic heterocycles. The van der Waals surface area contributed by atoms with Crippen LogP contribution in [0.2, 0.25) is 0 Å². The van der Waals surface area contributed by atoms with E-state index in [4.69, 9.17) is 4.74 Å². The van der Waals surface area contributed by atoms with Gasteiger partial charge in [-0.2, -0.15) is 0 Å². The van der Waals surface area contributed by atoms with Crippen molar-refractivity contribution in [2.24, 2.45) is 0 Å². The first-order valence-electron chi connectivity index (χ1n) is 7.05. The van der Waals surface area contributed by atoms with Crippen molar-refractivity contribution in [3.8, 4) is 0 Å². The summed E-state index contributed by atoms with van der Waals surface area (Å²) < 4.78 is 6.95. The summed E-state index contributed by atoms with van der Waals surface area (Å²) in [4.78, 5) is 18.3. The Morgan fingerprint density at radius 1 is 1.53 bits per heavy atom. The van der Waals surface area contributed by atoms with Gasteiger partial charge in [-0.05, 0) is 26.3 Å². The topological polar surface area (TPSA) is 47.4 Å². The molecule has 1 saturated heterocycles. The fourth-order valence-corrected chi connectivity index (χ4v) is 2.74. The molecule has 1 aliphatic rings. The first kappa shape index (κ1) is 14.1. The maximum Gasteiger partial charge on any atom is 0.307 e. The number of nitrogens with zero attached hydrogens (tertiary/aromatic N) is 3. The Labute approximate surface area is 114 Å². The van der Waals surface area contributed by atoms with Crippen LogP contribution in [0.4, 0.5) is 0 Å². The van der Waals surface area contributed by atoms with Crippen LogP contribution in [0, 0.1) is 0 Å². The minimum absolute atomic E-state index is 0.115. The number of esters is 1. The van der Waals surface area contributed by atoms with Gasteiger partial charge in [-0.25, -0.2) is 4.98 Å². The molecule has 0 bridgehead atoms. The molecule has 1 aliphatic heterocycles. The Balaban J connectivity index is 2.01. The molecule has 0 radical (unpaired) electrons. The SMILES string of the molecule is CCn1ccnc1CN1CCCCC1CC(=O)OC. The van der Waals surface area contributed by atoms with E-state index >= 15 is 0 Å². The first-order chi connectivity index (χ1) is 9.24. The van der Waals surface area contributed by atoms with E-state index in [1.807, 2.05) is 12.4 Å². The molecular weight excluding hydrogens is 242 g/mol. The van der Waals surface area contributed by atoms with E-state index in [1.165, 1.54) is 20.0 Å². The van der Waals surface area contributed by atoms with Gasteiger partial charge in [-0.1, -0.05) is 6.42 Å². The van der Waals surface area contributed by atoms with Crippen LogP contribution < -0.4 is 0 Å². The van der Waals surface area contributed by atoms with Crippen molar-refractivity contribution < 1.29 is 9.53 Å². The highest BCUT2D eigenvalue weighted by Crippen LogP contribution is 2.22. The fraction of sp³-hybridized carbons (Fsp3) is 0.714. The van der Waals surface area contributed by atoms with Gasteiger partial charge in [-0.3, -0.25) is 9.69 Å². The van der Waals surface area contributed by atoms with Crippen LogP contribution in [0.15, 0.2) is 12.4 Å². The second kappa shape index (κ2) is 6.70. The summed E-state index contributed by atoms with van der Waals surface area (Å²) in [5, 5.41) is 0. The van der Waals surface area contributed by atoms with Crippen LogP contribution in [-0.2, 0) is 22.6 Å². The lowest BCUT2D eigenvalue weighted by Gasteiger charge is -2.34. The van der Waals surface area contributed by atoms with Crippen LogP contribution in [0.25, 0.3) is 0 Å². The smallest absolute Gasteiger partial charge is 0.307 e. The van der Waals surface area contributed by atoms with Crippen molar-refractivity contribution >= 4 is 5.97 Å². The number of likely N-dealkylation sites (tertiary alicyclic amines) is 1. The quantitative estimate of drug-likeness (QED) is 0.762. The second-order valence-corrected chi connectivity index (χ2v) is 5.03. The van der Waals surface area contributed by atoms with E-state index in [9.17, 15) is 4.79 Å². The van der Waals surface area contributed by atoms with Gasteiger partial charge >= 0.3 is 5.97 Å². The highest BCUT2D eigenvalue weighted by molar-refractivity contribution is 5.69. The Hall–Kier alpha value is -1.36. The number of rotatable bonds is 5. The summed E-state index contributed by atoms with van der Waals surface area (Å²) in [5.41, 5.74) is 0. The molecule has 0 N–H and O–H groups in total. The number of hydrogen-bond acceptors (Lipinski definition) is 4. The number of carbonyl (C=O) groups is 1. The van der Waals surface area contributed by atoms with E-state index in [2.05, 4.69) is 21.4 Å². The largest absolute Gasteiger partial charge is 0.469 e. The molecule has 5 heteroatoms. The van der Waals surface area contributed by atoms with E-state index in [0.29, 0.717) is 12.5 Å². The predicted molar refractivity (Wildman–Crippen MR) is 72.6 cm³/mol. The standard InChI is InChI=1S/C14H23N3O2/c1-3-16-9-7-15-13(16)11-17-8-5-4-6-12(17)10-14(18)19-2/h7,9,12H,3-6,8,10-11H2,1-2H3. The summed E-state index contributed by atoms with van der Waals surface area (Å²) in [7, 11) is 1.46. The summed E-state index contributed by atoms with van der Waals surface area (Å²) in [6, 6.07) is 0.295. The van der Waals surface area contributed by atoms with Gasteiger partial charge in [0, 0.05) is 25.0 Å². The molecule has 2 rings (SSSR count). The summed E-state index contributed by atoms with van der Waals surface area (Å²) >= 11 is 0. The van der Waals surface area contributed by atoms with Gasteiger partial charge in [0.1, 0.15) is 5.82 Å². The molecule has 19 heavy (non-hydrogen) atoms. The minimum atomic E-state index is -0.115. The van der Waals surface area contributed by atoms with Crippen molar-refractivity contribution in [2.75, 3.05) is 13.7 Å². The molecule has 0 saturated carbocycles. The maximum absolute atomic E-state index is 11.5. The second-order valence-electron chi connectivity index (χ2n) is 5.03. The van der Waals surface area contributed by atoms with Crippen molar-refractivity contribution in [3.05, 3.63) is 18.2 Å². The summed E-state index contributed by atoms with van der Waals surface area (Å²) in [6.45, 7) is 4.92. The number of methoxy groups -OCH3 is 1. The number of hydrogen-bond donors (Lipinski definition) is 0. The molecular formula is C14H23N3O2. The molecule has 1 fully saturated rings. The lowest BCUT2D eigenvalue weighted by molar-refractivity contribution is -0.142. The van der Waals surface area contributed by atoms with Crippen LogP contribution in [-0.4, -0.2) is 40.1 Å². The Bertz CT molecular complexity index is 417. The van der Waals surface area contributed by atoms with Crippen molar-refractivity contribution in [1.29, 1.82) is 0 Å². The molecule has 1 aromatic rings. The van der Waals surface area contributed by atoms with E-state index in [1.54, 1.807) is 0 Å². The van der Waals surface area contributed by atoms with E-state index < -0.39 is 0 Å². The lowest BCUT2D eigenvalue weighted by atomic mass is 9.99. The third-order valence-corrected chi connectivity index (χ3v) is 3.87. The molecule has 0 amide bonds. The molecule has 106 valence electrons. The predicted octanol–water partition coefficient (Wildman–Crippen LogP) is 1.82. The highest BCUT2D eigenvalue weighted by atomic mass is 16.5. The van der Waals surface area contributed by atoms with Crippen molar-refractivity contribution in [2.45, 2.75) is 51.7 Å². The average molecular weight is 265 g/mol. The average Bonchev–Trinajstić information content (AvgIpc) is 2.88. The van der Waals surface area contributed by atoms with E-state index in [0.717, 1.165) is 31.9 Å². The zero-order valence-corrected chi connectivity index (χ0v) is 11.8. The van der Waals surface area contributed by atoms with Crippen LogP contribution in [0.5, 0.6) is 0 Å². The zero-order chi connectivity index (χ0) is 13.7. The van der Waals surface area contributed by atoms with Gasteiger partial charge in [0.2, 0.25) is 0 Å². The number of aromatic nitrogens is 2. The zero-order valence-electron chi connectivity index (χ0n) is 11.8. The molecule has 1 atom stereocenters. The summed E-state index contributed by atoms with van der Waals surface area (Å²) in [5.74, 6) is 0.968. The number of imidazole rings is 1. The van der Waals surface area contributed by atoms with Gasteiger partial charge in [0.05, 0.1) is 20.1 Å². The third kappa shape index (κ3) is 3.56. The monoisotopic (exact) mass is 265 g/mol. The van der Waals surface area contributed by atoms with Crippen LogP contribution in [0.1, 0.15) is 38.4 Å². The molecule has 1 unspecified atom stereocenters. The number of ether oxygens (including phenoxy) is 1. The first-order valence-corrected chi connectivity index (χ1v) is 7.05. The van der Waals surface area contributed by atoms with Crippen molar-refractivity contribution in [3.63, 3.8) is 0 Å². The van der Waals surface area contributed by atoms with Gasteiger partial charge in [-0.15, -0.1) is 0 Å². The number of carbonyl (C=O) groups excluding carboxylic acids is 1. The van der Waals surface area contributed by atoms with E-state index in [-0.39, 0.29) is 5.97 Å². The Kier molecular flexibility index (Phi) is 4.96. The highest BCUT2D eigenvalue weighted by Gasteiger charge is 2.26. The summed E-state index contributed by atoms with van der Waals surface area (Å²) in [6.07, 6.45) is 7.81. The van der Waals surface area contributed by atoms with Crippen molar-refractivity contribution in [1.82, 2.24) is 14.5 Å². The molecule has 0 spiro atoms. The Morgan fingerprint density at radius 2 is 2.37 bits per heavy atom. The van der Waals surface area contributed by atoms with Gasteiger partial charge in [0.25, 0.3) is 0 Å². The maximum atomic E-state index is 11.5. The molecule has 2 heterocycles. The van der Waals surface area contributed by atoms with Gasteiger partial charge < -0.3 is 9.30 Å². The molecule has 5 nitrogen and oxygen atoms in total. The molecule has 0 aromatic carbocycles.